The van der Waals surface area contributed by atoms with Gasteiger partial charge in [0.05, 0.1) is 0 Å². The van der Waals surface area contributed by atoms with Crippen LogP contribution in [-0.4, -0.2) is 22.1 Å². The lowest BCUT2D eigenvalue weighted by Gasteiger charge is -2.26. The molecule has 0 aliphatic carbocycles. The first-order valence-corrected chi connectivity index (χ1v) is 5.02. The minimum atomic E-state index is -1.37. The maximum absolute atomic E-state index is 14.5. The zero-order valence-electron chi connectivity index (χ0n) is 8.63. The first-order chi connectivity index (χ1) is 6.62. The summed E-state index contributed by atoms with van der Waals surface area (Å²) in [4.78, 5) is 4.08. The van der Waals surface area contributed by atoms with E-state index < -0.39 is 5.67 Å². The van der Waals surface area contributed by atoms with Crippen molar-refractivity contribution < 1.29 is 4.39 Å². The standard InChI is InChI=1S/C10H16FN3/c1-10(11,8-4-3-5-12-8)9-13-6-7-14(9)2/h6-8,12H,3-5H2,1-2H3. The van der Waals surface area contributed by atoms with E-state index in [-0.39, 0.29) is 6.04 Å². The van der Waals surface area contributed by atoms with Crippen molar-refractivity contribution in [2.75, 3.05) is 6.54 Å². The lowest BCUT2D eigenvalue weighted by atomic mass is 9.96. The van der Waals surface area contributed by atoms with Gasteiger partial charge in [-0.05, 0) is 26.3 Å². The molecule has 0 amide bonds. The molecule has 3 nitrogen and oxygen atoms in total. The molecule has 0 saturated carbocycles. The van der Waals surface area contributed by atoms with Gasteiger partial charge in [0.25, 0.3) is 0 Å². The number of halogens is 1. The topological polar surface area (TPSA) is 29.9 Å². The maximum Gasteiger partial charge on any atom is 0.180 e. The minimum absolute atomic E-state index is 0.0939. The Bertz CT molecular complexity index is 313. The molecule has 78 valence electrons. The molecule has 0 radical (unpaired) electrons. The number of imidazole rings is 1. The molecule has 1 N–H and O–H groups in total. The van der Waals surface area contributed by atoms with Crippen LogP contribution in [-0.2, 0) is 12.7 Å². The summed E-state index contributed by atoms with van der Waals surface area (Å²) in [6.07, 6.45) is 5.36. The summed E-state index contributed by atoms with van der Waals surface area (Å²) >= 11 is 0. The molecule has 14 heavy (non-hydrogen) atoms. The summed E-state index contributed by atoms with van der Waals surface area (Å²) in [6, 6.07) is -0.0939. The van der Waals surface area contributed by atoms with Gasteiger partial charge in [0.1, 0.15) is 5.82 Å². The van der Waals surface area contributed by atoms with Crippen molar-refractivity contribution in [3.05, 3.63) is 18.2 Å². The van der Waals surface area contributed by atoms with Crippen LogP contribution in [0.4, 0.5) is 4.39 Å². The van der Waals surface area contributed by atoms with Gasteiger partial charge < -0.3 is 9.88 Å². The van der Waals surface area contributed by atoms with Crippen LogP contribution in [0.3, 0.4) is 0 Å². The molecule has 2 unspecified atom stereocenters. The summed E-state index contributed by atoms with van der Waals surface area (Å²) in [7, 11) is 1.83. The van der Waals surface area contributed by atoms with Crippen molar-refractivity contribution in [1.29, 1.82) is 0 Å². The highest BCUT2D eigenvalue weighted by Crippen LogP contribution is 2.31. The van der Waals surface area contributed by atoms with Crippen LogP contribution in [0, 0.1) is 0 Å². The molecule has 2 heterocycles. The predicted octanol–water partition coefficient (Wildman–Crippen LogP) is 1.36. The van der Waals surface area contributed by atoms with E-state index in [1.807, 2.05) is 7.05 Å². The van der Waals surface area contributed by atoms with Crippen LogP contribution in [0.25, 0.3) is 0 Å². The van der Waals surface area contributed by atoms with Crippen molar-refractivity contribution in [3.63, 3.8) is 0 Å². The van der Waals surface area contributed by atoms with Crippen molar-refractivity contribution in [3.8, 4) is 0 Å². The highest BCUT2D eigenvalue weighted by molar-refractivity contribution is 5.09. The van der Waals surface area contributed by atoms with E-state index in [0.717, 1.165) is 19.4 Å². The molecule has 0 bridgehead atoms. The zero-order chi connectivity index (χ0) is 10.2. The van der Waals surface area contributed by atoms with Crippen LogP contribution < -0.4 is 5.32 Å². The average molecular weight is 197 g/mol. The molecule has 1 aliphatic heterocycles. The highest BCUT2D eigenvalue weighted by Gasteiger charge is 2.40. The highest BCUT2D eigenvalue weighted by atomic mass is 19.1. The van der Waals surface area contributed by atoms with E-state index in [1.165, 1.54) is 0 Å². The summed E-state index contributed by atoms with van der Waals surface area (Å²) in [5, 5.41) is 3.18. The van der Waals surface area contributed by atoms with Crippen molar-refractivity contribution in [2.24, 2.45) is 7.05 Å². The first-order valence-electron chi connectivity index (χ1n) is 5.02. The third-order valence-electron chi connectivity index (χ3n) is 2.97. The van der Waals surface area contributed by atoms with Gasteiger partial charge in [-0.15, -0.1) is 0 Å². The van der Waals surface area contributed by atoms with E-state index >= 15 is 0 Å². The molecular weight excluding hydrogens is 181 g/mol. The molecule has 1 saturated heterocycles. The Balaban J connectivity index is 2.26. The summed E-state index contributed by atoms with van der Waals surface area (Å²) in [6.45, 7) is 2.52. The Hall–Kier alpha value is -0.900. The Morgan fingerprint density at radius 1 is 1.71 bits per heavy atom. The molecule has 2 atom stereocenters. The lowest BCUT2D eigenvalue weighted by molar-refractivity contribution is 0.121. The summed E-state index contributed by atoms with van der Waals surface area (Å²) < 4.78 is 16.2. The Labute approximate surface area is 83.3 Å². The number of aromatic nitrogens is 2. The predicted molar refractivity (Wildman–Crippen MR) is 52.7 cm³/mol. The number of alkyl halides is 1. The molecular formula is C10H16FN3. The number of rotatable bonds is 2. The van der Waals surface area contributed by atoms with E-state index in [0.29, 0.717) is 5.82 Å². The fourth-order valence-corrected chi connectivity index (χ4v) is 2.14. The van der Waals surface area contributed by atoms with E-state index in [9.17, 15) is 4.39 Å². The second-order valence-corrected chi connectivity index (χ2v) is 4.09. The van der Waals surface area contributed by atoms with Gasteiger partial charge in [-0.3, -0.25) is 0 Å². The van der Waals surface area contributed by atoms with Crippen molar-refractivity contribution in [2.45, 2.75) is 31.5 Å². The molecule has 1 aromatic rings. The molecule has 1 aliphatic rings. The van der Waals surface area contributed by atoms with Crippen LogP contribution in [0.1, 0.15) is 25.6 Å². The molecule has 1 fully saturated rings. The Morgan fingerprint density at radius 2 is 2.50 bits per heavy atom. The quantitative estimate of drug-likeness (QED) is 0.775. The molecule has 4 heteroatoms. The molecule has 2 rings (SSSR count). The van der Waals surface area contributed by atoms with E-state index in [4.69, 9.17) is 0 Å². The van der Waals surface area contributed by atoms with Gasteiger partial charge in [-0.25, -0.2) is 9.37 Å². The van der Waals surface area contributed by atoms with E-state index in [2.05, 4.69) is 10.3 Å². The van der Waals surface area contributed by atoms with Crippen LogP contribution in [0.5, 0.6) is 0 Å². The summed E-state index contributed by atoms with van der Waals surface area (Å²) in [5.74, 6) is 0.511. The van der Waals surface area contributed by atoms with Crippen LogP contribution in [0.15, 0.2) is 12.4 Å². The minimum Gasteiger partial charge on any atom is -0.335 e. The number of hydrogen-bond donors (Lipinski definition) is 1. The average Bonchev–Trinajstić information content (AvgIpc) is 2.72. The molecule has 0 spiro atoms. The van der Waals surface area contributed by atoms with Gasteiger partial charge in [0, 0.05) is 25.5 Å². The Kier molecular flexibility index (Phi) is 2.31. The Morgan fingerprint density at radius 3 is 3.00 bits per heavy atom. The number of aryl methyl sites for hydroxylation is 1. The molecule has 1 aromatic heterocycles. The van der Waals surface area contributed by atoms with Gasteiger partial charge in [-0.1, -0.05) is 0 Å². The van der Waals surface area contributed by atoms with E-state index in [1.54, 1.807) is 23.9 Å². The number of nitrogens with zero attached hydrogens (tertiary/aromatic N) is 2. The van der Waals surface area contributed by atoms with Crippen molar-refractivity contribution >= 4 is 0 Å². The normalized spacial score (nSPS) is 26.4. The third kappa shape index (κ3) is 1.43. The van der Waals surface area contributed by atoms with Crippen LogP contribution >= 0.6 is 0 Å². The number of hydrogen-bond acceptors (Lipinski definition) is 2. The zero-order valence-corrected chi connectivity index (χ0v) is 8.63. The largest absolute Gasteiger partial charge is 0.335 e. The second kappa shape index (κ2) is 3.35. The lowest BCUT2D eigenvalue weighted by Crippen LogP contribution is -2.41. The summed E-state index contributed by atoms with van der Waals surface area (Å²) in [5.41, 5.74) is -1.37. The second-order valence-electron chi connectivity index (χ2n) is 4.09. The SMILES string of the molecule is Cn1ccnc1C(C)(F)C1CCCN1. The van der Waals surface area contributed by atoms with Crippen LogP contribution in [0.2, 0.25) is 0 Å². The third-order valence-corrected chi connectivity index (χ3v) is 2.97. The smallest absolute Gasteiger partial charge is 0.180 e. The van der Waals surface area contributed by atoms with Gasteiger partial charge in [-0.2, -0.15) is 0 Å². The van der Waals surface area contributed by atoms with Gasteiger partial charge in [0.2, 0.25) is 0 Å². The first kappa shape index (κ1) is 9.65. The fraction of sp³-hybridized carbons (Fsp3) is 0.700. The fourth-order valence-electron chi connectivity index (χ4n) is 2.14. The number of nitrogens with one attached hydrogen (secondary N) is 1. The van der Waals surface area contributed by atoms with Crippen molar-refractivity contribution in [1.82, 2.24) is 14.9 Å². The monoisotopic (exact) mass is 197 g/mol. The maximum atomic E-state index is 14.5. The molecule has 0 aromatic carbocycles. The van der Waals surface area contributed by atoms with Gasteiger partial charge >= 0.3 is 0 Å². The van der Waals surface area contributed by atoms with Gasteiger partial charge in [0.15, 0.2) is 5.67 Å².